The van der Waals surface area contributed by atoms with Gasteiger partial charge in [-0.25, -0.2) is 9.59 Å². The van der Waals surface area contributed by atoms with E-state index in [1.807, 2.05) is 0 Å². The average molecular weight is 294 g/mol. The van der Waals surface area contributed by atoms with Crippen LogP contribution in [0.4, 0.5) is 0 Å². The van der Waals surface area contributed by atoms with Crippen LogP contribution in [0, 0.1) is 11.8 Å². The minimum absolute atomic E-state index is 0.162. The molecule has 0 aromatic rings. The number of epoxide rings is 1. The second kappa shape index (κ2) is 3.85. The van der Waals surface area contributed by atoms with Crippen LogP contribution in [0.1, 0.15) is 0 Å². The Labute approximate surface area is 119 Å². The zero-order chi connectivity index (χ0) is 14.8. The van der Waals surface area contributed by atoms with Crippen molar-refractivity contribution in [1.29, 1.82) is 0 Å². The molecule has 0 unspecified atom stereocenters. The van der Waals surface area contributed by atoms with E-state index in [0.29, 0.717) is 13.1 Å². The van der Waals surface area contributed by atoms with Crippen molar-refractivity contribution in [3.05, 3.63) is 0 Å². The average Bonchev–Trinajstić information content (AvgIpc) is 2.98. The Hall–Kier alpha value is -1.90. The van der Waals surface area contributed by atoms with Gasteiger partial charge in [0.15, 0.2) is 0 Å². The van der Waals surface area contributed by atoms with Crippen molar-refractivity contribution in [2.75, 3.05) is 27.3 Å². The van der Waals surface area contributed by atoms with Crippen LogP contribution >= 0.6 is 0 Å². The van der Waals surface area contributed by atoms with E-state index < -0.39 is 23.0 Å². The number of fused-ring (bicyclic) bond motifs is 6. The highest BCUT2D eigenvalue weighted by atomic mass is 16.6. The van der Waals surface area contributed by atoms with Crippen molar-refractivity contribution < 1.29 is 23.8 Å². The molecule has 21 heavy (non-hydrogen) atoms. The van der Waals surface area contributed by atoms with Crippen LogP contribution in [-0.2, 0) is 23.8 Å². The first-order valence-electron chi connectivity index (χ1n) is 6.73. The number of hydrogen-bond acceptors (Lipinski definition) is 9. The summed E-state index contributed by atoms with van der Waals surface area (Å²) in [6.07, 6.45) is -0.323. The molecule has 0 amide bonds. The lowest BCUT2D eigenvalue weighted by Gasteiger charge is -2.44. The minimum Gasteiger partial charge on any atom is -0.467 e. The molecule has 112 valence electrons. The van der Waals surface area contributed by atoms with Gasteiger partial charge in [-0.05, 0) is 0 Å². The van der Waals surface area contributed by atoms with E-state index in [-0.39, 0.29) is 24.0 Å². The van der Waals surface area contributed by atoms with E-state index in [1.165, 1.54) is 14.2 Å². The first kappa shape index (κ1) is 12.8. The first-order chi connectivity index (χ1) is 10.1. The van der Waals surface area contributed by atoms with Crippen LogP contribution in [0.3, 0.4) is 0 Å². The van der Waals surface area contributed by atoms with Gasteiger partial charge in [0.05, 0.1) is 51.4 Å². The maximum Gasteiger partial charge on any atom is 0.339 e. The molecule has 3 heterocycles. The number of hydrogen-bond donors (Lipinski definition) is 0. The molecule has 0 radical (unpaired) electrons. The largest absolute Gasteiger partial charge is 0.467 e. The highest BCUT2D eigenvalue weighted by Crippen LogP contribution is 2.61. The maximum absolute atomic E-state index is 12.6. The van der Waals surface area contributed by atoms with Gasteiger partial charge in [0, 0.05) is 0 Å². The predicted molar refractivity (Wildman–Crippen MR) is 64.6 cm³/mol. The van der Waals surface area contributed by atoms with Crippen molar-refractivity contribution in [3.8, 4) is 0 Å². The first-order valence-corrected chi connectivity index (χ1v) is 6.73. The maximum atomic E-state index is 12.6. The lowest BCUT2D eigenvalue weighted by Crippen LogP contribution is -2.71. The smallest absolute Gasteiger partial charge is 0.339 e. The zero-order valence-corrected chi connectivity index (χ0v) is 11.6. The molecule has 2 fully saturated rings. The van der Waals surface area contributed by atoms with Gasteiger partial charge in [-0.15, -0.1) is 0 Å². The Balaban J connectivity index is 1.96. The molecular formula is C12H14N4O5. The van der Waals surface area contributed by atoms with Crippen molar-refractivity contribution in [3.63, 3.8) is 0 Å². The van der Waals surface area contributed by atoms with Gasteiger partial charge in [-0.1, -0.05) is 0 Å². The third kappa shape index (κ3) is 1.18. The summed E-state index contributed by atoms with van der Waals surface area (Å²) in [5.41, 5.74) is -3.06. The van der Waals surface area contributed by atoms with Gasteiger partial charge < -0.3 is 14.2 Å². The van der Waals surface area contributed by atoms with E-state index in [9.17, 15) is 9.59 Å². The molecule has 0 bridgehead atoms. The molecule has 0 aromatic heterocycles. The number of azo groups is 2. The summed E-state index contributed by atoms with van der Waals surface area (Å²) in [4.78, 5) is 25.1. The van der Waals surface area contributed by atoms with Crippen LogP contribution in [0.25, 0.3) is 0 Å². The van der Waals surface area contributed by atoms with Gasteiger partial charge in [-0.3, -0.25) is 0 Å². The Bertz CT molecular complexity index is 542. The second-order valence-electron chi connectivity index (χ2n) is 5.64. The van der Waals surface area contributed by atoms with E-state index in [1.54, 1.807) is 0 Å². The van der Waals surface area contributed by atoms with Crippen molar-refractivity contribution >= 4 is 11.9 Å². The van der Waals surface area contributed by atoms with Gasteiger partial charge >= 0.3 is 11.9 Å². The summed E-state index contributed by atoms with van der Waals surface area (Å²) in [5.74, 6) is -2.03. The summed E-state index contributed by atoms with van der Waals surface area (Å²) in [6.45, 7) is 0.606. The molecule has 9 nitrogen and oxygen atoms in total. The van der Waals surface area contributed by atoms with Gasteiger partial charge in [0.1, 0.15) is 0 Å². The van der Waals surface area contributed by atoms with Crippen LogP contribution in [0.5, 0.6) is 0 Å². The lowest BCUT2D eigenvalue weighted by molar-refractivity contribution is -0.167. The molecule has 9 heteroatoms. The predicted octanol–water partition coefficient (Wildman–Crippen LogP) is -0.245. The number of nitrogens with zero attached hydrogens (tertiary/aromatic N) is 4. The SMILES string of the molecule is COC(=O)[C@@]12N=NC[C@@H]1[C@@H]1O[C@@H]1[C@@H]1CN=N[C@@]12C(=O)OC. The summed E-state index contributed by atoms with van der Waals surface area (Å²) < 4.78 is 15.6. The normalized spacial score (nSPS) is 48.3. The number of rotatable bonds is 2. The number of methoxy groups -OCH3 is 2. The highest BCUT2D eigenvalue weighted by molar-refractivity contribution is 5.97. The summed E-state index contributed by atoms with van der Waals surface area (Å²) in [6, 6.07) is 0. The molecule has 6 atom stereocenters. The van der Waals surface area contributed by atoms with E-state index in [0.717, 1.165) is 0 Å². The van der Waals surface area contributed by atoms with Crippen LogP contribution in [0.2, 0.25) is 0 Å². The third-order valence-electron chi connectivity index (χ3n) is 5.02. The Morgan fingerprint density at radius 2 is 1.38 bits per heavy atom. The standard InChI is InChI=1S/C12H14N4O5/c1-19-9(17)11-5(3-13-15-11)7-8(21-7)6-4-14-16-12(6,11)10(18)20-2/h5-8H,3-4H2,1-2H3/t5-,6+,7+,8-,11+,12-. The van der Waals surface area contributed by atoms with Gasteiger partial charge in [0.2, 0.25) is 11.1 Å². The number of carbonyl (C=O) groups is 2. The minimum atomic E-state index is -1.53. The monoisotopic (exact) mass is 294 g/mol. The number of esters is 2. The van der Waals surface area contributed by atoms with E-state index in [2.05, 4.69) is 20.5 Å². The molecule has 0 N–H and O–H groups in total. The van der Waals surface area contributed by atoms with Crippen molar-refractivity contribution in [2.45, 2.75) is 23.3 Å². The molecule has 1 aliphatic carbocycles. The molecule has 1 saturated heterocycles. The Morgan fingerprint density at radius 1 is 0.952 bits per heavy atom. The zero-order valence-electron chi connectivity index (χ0n) is 11.6. The molecule has 3 aliphatic heterocycles. The van der Waals surface area contributed by atoms with E-state index in [4.69, 9.17) is 14.2 Å². The van der Waals surface area contributed by atoms with Crippen LogP contribution < -0.4 is 0 Å². The fourth-order valence-electron chi connectivity index (χ4n) is 4.08. The molecule has 0 aromatic carbocycles. The number of ether oxygens (including phenoxy) is 3. The quantitative estimate of drug-likeness (QED) is 0.514. The van der Waals surface area contributed by atoms with Gasteiger partial charge in [-0.2, -0.15) is 20.5 Å². The van der Waals surface area contributed by atoms with E-state index >= 15 is 0 Å². The fourth-order valence-corrected chi connectivity index (χ4v) is 4.08. The summed E-state index contributed by atoms with van der Waals surface area (Å²) in [5, 5.41) is 16.3. The third-order valence-corrected chi connectivity index (χ3v) is 5.02. The molecule has 1 saturated carbocycles. The Morgan fingerprint density at radius 3 is 1.76 bits per heavy atom. The molecular weight excluding hydrogens is 280 g/mol. The van der Waals surface area contributed by atoms with Crippen LogP contribution in [0.15, 0.2) is 20.5 Å². The summed E-state index contributed by atoms with van der Waals surface area (Å²) >= 11 is 0. The number of carbonyl (C=O) groups excluding carboxylic acids is 2. The second-order valence-corrected chi connectivity index (χ2v) is 5.64. The topological polar surface area (TPSA) is 115 Å². The molecule has 4 aliphatic rings. The lowest BCUT2D eigenvalue weighted by atomic mass is 9.57. The molecule has 0 spiro atoms. The van der Waals surface area contributed by atoms with Crippen LogP contribution in [-0.4, -0.2) is 62.5 Å². The highest BCUT2D eigenvalue weighted by Gasteiger charge is 2.83. The van der Waals surface area contributed by atoms with Crippen molar-refractivity contribution in [1.82, 2.24) is 0 Å². The Kier molecular flexibility index (Phi) is 2.35. The van der Waals surface area contributed by atoms with Crippen molar-refractivity contribution in [2.24, 2.45) is 32.3 Å². The summed E-state index contributed by atoms with van der Waals surface area (Å²) in [7, 11) is 2.52. The fraction of sp³-hybridized carbons (Fsp3) is 0.833. The molecule has 4 rings (SSSR count). The van der Waals surface area contributed by atoms with Gasteiger partial charge in [0.25, 0.3) is 0 Å².